The van der Waals surface area contributed by atoms with Gasteiger partial charge >= 0.3 is 5.97 Å². The summed E-state index contributed by atoms with van der Waals surface area (Å²) in [5.41, 5.74) is 2.17. The second-order valence-corrected chi connectivity index (χ2v) is 6.75. The van der Waals surface area contributed by atoms with Crippen LogP contribution in [0, 0.1) is 0 Å². The summed E-state index contributed by atoms with van der Waals surface area (Å²) in [6.45, 7) is 1.52. The summed E-state index contributed by atoms with van der Waals surface area (Å²) in [7, 11) is 0. The summed E-state index contributed by atoms with van der Waals surface area (Å²) < 4.78 is 5.14. The van der Waals surface area contributed by atoms with E-state index in [2.05, 4.69) is 0 Å². The van der Waals surface area contributed by atoms with Gasteiger partial charge in [0.15, 0.2) is 6.61 Å². The predicted octanol–water partition coefficient (Wildman–Crippen LogP) is 3.95. The number of aliphatic carboxylic acids is 1. The van der Waals surface area contributed by atoms with Gasteiger partial charge in [0.2, 0.25) is 0 Å². The minimum Gasteiger partial charge on any atom is -0.482 e. The number of carboxylic acids is 1. The molecule has 1 heterocycles. The molecular formula is C20H17NO5S. The fraction of sp³-hybridized carbons (Fsp3) is 0.150. The Bertz CT molecular complexity index is 937. The fourth-order valence-electron chi connectivity index (χ4n) is 2.69. The second kappa shape index (κ2) is 8.09. The number of aryl methyl sites for hydroxylation is 1. The van der Waals surface area contributed by atoms with E-state index < -0.39 is 12.6 Å². The first-order valence-corrected chi connectivity index (χ1v) is 9.11. The van der Waals surface area contributed by atoms with E-state index >= 15 is 0 Å². The molecule has 0 aliphatic carbocycles. The lowest BCUT2D eigenvalue weighted by Crippen LogP contribution is -2.28. The van der Waals surface area contributed by atoms with Crippen molar-refractivity contribution in [2.24, 2.45) is 0 Å². The lowest BCUT2D eigenvalue weighted by Gasteiger charge is -2.16. The summed E-state index contributed by atoms with van der Waals surface area (Å²) in [4.78, 5) is 37.3. The van der Waals surface area contributed by atoms with E-state index in [1.165, 1.54) is 4.90 Å². The number of nitrogens with zero attached hydrogens (tertiary/aromatic N) is 1. The maximum absolute atomic E-state index is 12.8. The van der Waals surface area contributed by atoms with Gasteiger partial charge in [0, 0.05) is 0 Å². The first kappa shape index (κ1) is 18.7. The molecule has 1 fully saturated rings. The third kappa shape index (κ3) is 4.20. The normalized spacial score (nSPS) is 15.4. The molecule has 1 N–H and O–H groups in total. The van der Waals surface area contributed by atoms with Crippen molar-refractivity contribution in [3.05, 3.63) is 64.6 Å². The van der Waals surface area contributed by atoms with Crippen molar-refractivity contribution in [3.63, 3.8) is 0 Å². The third-order valence-electron chi connectivity index (χ3n) is 3.93. The average molecular weight is 383 g/mol. The van der Waals surface area contributed by atoms with Crippen LogP contribution < -0.4 is 9.64 Å². The molecule has 0 bridgehead atoms. The van der Waals surface area contributed by atoms with Gasteiger partial charge in [-0.1, -0.05) is 37.3 Å². The summed E-state index contributed by atoms with van der Waals surface area (Å²) >= 11 is 0.878. The number of hydrogen-bond donors (Lipinski definition) is 1. The van der Waals surface area contributed by atoms with Crippen molar-refractivity contribution in [1.29, 1.82) is 0 Å². The highest BCUT2D eigenvalue weighted by Crippen LogP contribution is 2.37. The number of benzene rings is 2. The predicted molar refractivity (Wildman–Crippen MR) is 104 cm³/mol. The number of carbonyl (C=O) groups is 3. The van der Waals surface area contributed by atoms with Crippen LogP contribution in [0.1, 0.15) is 18.1 Å². The molecule has 0 spiro atoms. The first-order chi connectivity index (χ1) is 13.0. The van der Waals surface area contributed by atoms with Crippen molar-refractivity contribution >= 4 is 40.6 Å². The lowest BCUT2D eigenvalue weighted by atomic mass is 10.1. The van der Waals surface area contributed by atoms with Gasteiger partial charge in [0.1, 0.15) is 5.75 Å². The molecule has 27 heavy (non-hydrogen) atoms. The van der Waals surface area contributed by atoms with E-state index in [9.17, 15) is 14.4 Å². The van der Waals surface area contributed by atoms with E-state index in [1.54, 1.807) is 42.5 Å². The van der Waals surface area contributed by atoms with Crippen LogP contribution >= 0.6 is 11.8 Å². The number of ether oxygens (including phenoxy) is 1. The number of carboxylic acid groups (broad SMARTS) is 1. The van der Waals surface area contributed by atoms with Crippen molar-refractivity contribution in [2.75, 3.05) is 11.5 Å². The lowest BCUT2D eigenvalue weighted by molar-refractivity contribution is -0.139. The topological polar surface area (TPSA) is 83.9 Å². The Kier molecular flexibility index (Phi) is 5.61. The van der Waals surface area contributed by atoms with E-state index in [0.717, 1.165) is 17.3 Å². The molecule has 0 atom stereocenters. The number of imide groups is 1. The Balaban J connectivity index is 1.86. The zero-order valence-electron chi connectivity index (χ0n) is 14.5. The van der Waals surface area contributed by atoms with E-state index in [1.807, 2.05) is 19.1 Å². The molecule has 2 aromatic rings. The van der Waals surface area contributed by atoms with Crippen molar-refractivity contribution in [3.8, 4) is 5.75 Å². The van der Waals surface area contributed by atoms with Crippen molar-refractivity contribution < 1.29 is 24.2 Å². The Morgan fingerprint density at radius 1 is 1.19 bits per heavy atom. The number of thioether (sulfide) groups is 1. The molecule has 6 nitrogen and oxygen atoms in total. The van der Waals surface area contributed by atoms with Crippen LogP contribution in [0.25, 0.3) is 6.08 Å². The molecule has 1 aliphatic rings. The number of carbonyl (C=O) groups excluding carboxylic acids is 2. The minimum atomic E-state index is -1.07. The number of rotatable bonds is 6. The molecule has 0 radical (unpaired) electrons. The van der Waals surface area contributed by atoms with Gasteiger partial charge in [-0.15, -0.1) is 0 Å². The molecule has 2 aromatic carbocycles. The minimum absolute atomic E-state index is 0.307. The summed E-state index contributed by atoms with van der Waals surface area (Å²) in [6.07, 6.45) is 2.31. The first-order valence-electron chi connectivity index (χ1n) is 8.30. The van der Waals surface area contributed by atoms with Crippen molar-refractivity contribution in [2.45, 2.75) is 13.3 Å². The molecule has 1 saturated heterocycles. The molecule has 0 unspecified atom stereocenters. The summed E-state index contributed by atoms with van der Waals surface area (Å²) in [5, 5.41) is 8.35. The quantitative estimate of drug-likeness (QED) is 0.761. The Hall–Kier alpha value is -3.06. The average Bonchev–Trinajstić information content (AvgIpc) is 2.93. The maximum Gasteiger partial charge on any atom is 0.341 e. The van der Waals surface area contributed by atoms with Gasteiger partial charge in [-0.3, -0.25) is 9.59 Å². The standard InChI is InChI=1S/C20H17NO5S/c1-2-14-7-3-4-9-16(14)21-19(24)17(27-20(21)25)11-13-6-5-8-15(10-13)26-12-18(22)23/h3-11H,2,12H2,1H3,(H,22,23)/b17-11+. The smallest absolute Gasteiger partial charge is 0.341 e. The molecule has 2 amide bonds. The van der Waals surface area contributed by atoms with Gasteiger partial charge in [-0.05, 0) is 53.6 Å². The SMILES string of the molecule is CCc1ccccc1N1C(=O)S/C(=C/c2cccc(OCC(=O)O)c2)C1=O. The highest BCUT2D eigenvalue weighted by molar-refractivity contribution is 8.19. The maximum atomic E-state index is 12.8. The number of hydrogen-bond acceptors (Lipinski definition) is 5. The monoisotopic (exact) mass is 383 g/mol. The van der Waals surface area contributed by atoms with Crippen LogP contribution in [0.5, 0.6) is 5.75 Å². The van der Waals surface area contributed by atoms with E-state index in [0.29, 0.717) is 28.3 Å². The molecule has 3 rings (SSSR count). The van der Waals surface area contributed by atoms with Gasteiger partial charge < -0.3 is 9.84 Å². The van der Waals surface area contributed by atoms with Crippen LogP contribution in [0.15, 0.2) is 53.4 Å². The Labute approximate surface area is 160 Å². The van der Waals surface area contributed by atoms with Gasteiger partial charge in [-0.2, -0.15) is 0 Å². The second-order valence-electron chi connectivity index (χ2n) is 5.75. The fourth-order valence-corrected chi connectivity index (χ4v) is 3.53. The zero-order valence-corrected chi connectivity index (χ0v) is 15.4. The van der Waals surface area contributed by atoms with Crippen LogP contribution in [0.4, 0.5) is 10.5 Å². The summed E-state index contributed by atoms with van der Waals surface area (Å²) in [5.74, 6) is -1.07. The van der Waals surface area contributed by atoms with E-state index in [-0.39, 0.29) is 11.1 Å². The Morgan fingerprint density at radius 2 is 1.96 bits per heavy atom. The van der Waals surface area contributed by atoms with Gasteiger partial charge in [-0.25, -0.2) is 9.69 Å². The molecule has 0 aromatic heterocycles. The van der Waals surface area contributed by atoms with Gasteiger partial charge in [0.05, 0.1) is 10.6 Å². The van der Waals surface area contributed by atoms with Gasteiger partial charge in [0.25, 0.3) is 11.1 Å². The van der Waals surface area contributed by atoms with Crippen LogP contribution in [-0.4, -0.2) is 28.8 Å². The van der Waals surface area contributed by atoms with E-state index in [4.69, 9.17) is 9.84 Å². The molecule has 138 valence electrons. The highest BCUT2D eigenvalue weighted by Gasteiger charge is 2.37. The Morgan fingerprint density at radius 3 is 2.70 bits per heavy atom. The van der Waals surface area contributed by atoms with Crippen molar-refractivity contribution in [1.82, 2.24) is 0 Å². The number of amides is 2. The highest BCUT2D eigenvalue weighted by atomic mass is 32.2. The third-order valence-corrected chi connectivity index (χ3v) is 4.79. The number of anilines is 1. The number of para-hydroxylation sites is 1. The zero-order chi connectivity index (χ0) is 19.4. The molecule has 1 aliphatic heterocycles. The largest absolute Gasteiger partial charge is 0.482 e. The molecule has 0 saturated carbocycles. The molecule has 7 heteroatoms. The van der Waals surface area contributed by atoms with Crippen LogP contribution in [0.2, 0.25) is 0 Å². The van der Waals surface area contributed by atoms with Crippen LogP contribution in [-0.2, 0) is 16.0 Å². The summed E-state index contributed by atoms with van der Waals surface area (Å²) in [6, 6.07) is 14.0. The molecular weight excluding hydrogens is 366 g/mol. The van der Waals surface area contributed by atoms with Crippen LogP contribution in [0.3, 0.4) is 0 Å².